The number of ether oxygens (including phenoxy) is 1. The van der Waals surface area contributed by atoms with Crippen LogP contribution in [0.2, 0.25) is 0 Å². The van der Waals surface area contributed by atoms with E-state index in [2.05, 4.69) is 20.4 Å². The van der Waals surface area contributed by atoms with Gasteiger partial charge in [0.05, 0.1) is 36.6 Å². The highest BCUT2D eigenvalue weighted by molar-refractivity contribution is 5.94. The van der Waals surface area contributed by atoms with Gasteiger partial charge in [-0.15, -0.1) is 5.10 Å². The molecular formula is C23H24F3N5O. The molecule has 2 aliphatic rings. The predicted molar refractivity (Wildman–Crippen MR) is 116 cm³/mol. The van der Waals surface area contributed by atoms with Gasteiger partial charge in [-0.3, -0.25) is 0 Å². The van der Waals surface area contributed by atoms with Crippen molar-refractivity contribution in [3.05, 3.63) is 52.8 Å². The summed E-state index contributed by atoms with van der Waals surface area (Å²) in [4.78, 5) is 7.03. The fraction of sp³-hybridized carbons (Fsp3) is 0.435. The quantitative estimate of drug-likeness (QED) is 0.634. The Morgan fingerprint density at radius 2 is 1.84 bits per heavy atom. The minimum absolute atomic E-state index is 0.211. The third kappa shape index (κ3) is 3.64. The Bertz CT molecular complexity index is 1150. The highest BCUT2D eigenvalue weighted by Gasteiger charge is 2.38. The number of halogens is 3. The number of aromatic nitrogens is 3. The first-order valence-electron chi connectivity index (χ1n) is 10.7. The monoisotopic (exact) mass is 443 g/mol. The Morgan fingerprint density at radius 3 is 2.56 bits per heavy atom. The topological polar surface area (TPSA) is 63.2 Å². The van der Waals surface area contributed by atoms with Crippen molar-refractivity contribution in [1.82, 2.24) is 15.2 Å². The average molecular weight is 443 g/mol. The van der Waals surface area contributed by atoms with E-state index in [-0.39, 0.29) is 12.1 Å². The van der Waals surface area contributed by atoms with E-state index in [1.54, 1.807) is 6.07 Å². The molecule has 3 aromatic rings. The van der Waals surface area contributed by atoms with Gasteiger partial charge in [0, 0.05) is 23.5 Å². The van der Waals surface area contributed by atoms with Crippen LogP contribution in [0.1, 0.15) is 35.2 Å². The summed E-state index contributed by atoms with van der Waals surface area (Å²) < 4.78 is 45.5. The van der Waals surface area contributed by atoms with Crippen LogP contribution < -0.4 is 10.2 Å². The first-order valence-corrected chi connectivity index (χ1v) is 10.7. The number of benzene rings is 1. The zero-order chi connectivity index (χ0) is 22.5. The molecule has 0 amide bonds. The number of nitrogens with zero attached hydrogens (tertiary/aromatic N) is 4. The fourth-order valence-electron chi connectivity index (χ4n) is 4.80. The molecule has 2 unspecified atom stereocenters. The van der Waals surface area contributed by atoms with Crippen LogP contribution in [0.5, 0.6) is 0 Å². The largest absolute Gasteiger partial charge is 0.416 e. The van der Waals surface area contributed by atoms with E-state index < -0.39 is 11.7 Å². The maximum absolute atomic E-state index is 13.3. The maximum atomic E-state index is 13.3. The summed E-state index contributed by atoms with van der Waals surface area (Å²) in [7, 11) is 0. The molecule has 32 heavy (non-hydrogen) atoms. The third-order valence-corrected chi connectivity index (χ3v) is 6.54. The molecule has 168 valence electrons. The van der Waals surface area contributed by atoms with Crippen LogP contribution in [0.25, 0.3) is 10.8 Å². The second kappa shape index (κ2) is 7.88. The average Bonchev–Trinajstić information content (AvgIpc) is 3.01. The second-order valence-corrected chi connectivity index (χ2v) is 8.49. The lowest BCUT2D eigenvalue weighted by molar-refractivity contribution is -0.138. The molecule has 2 atom stereocenters. The molecule has 1 aromatic carbocycles. The number of alkyl halides is 3. The van der Waals surface area contributed by atoms with Crippen molar-refractivity contribution < 1.29 is 17.9 Å². The van der Waals surface area contributed by atoms with Gasteiger partial charge in [0.15, 0.2) is 5.82 Å². The molecule has 2 bridgehead atoms. The van der Waals surface area contributed by atoms with Gasteiger partial charge in [-0.25, -0.2) is 4.98 Å². The highest BCUT2D eigenvalue weighted by atomic mass is 19.4. The minimum Gasteiger partial charge on any atom is -0.377 e. The van der Waals surface area contributed by atoms with Crippen LogP contribution in [-0.2, 0) is 17.5 Å². The Kier molecular flexibility index (Phi) is 5.16. The number of hydrogen-bond donors (Lipinski definition) is 1. The molecule has 2 aliphatic heterocycles. The number of morpholine rings is 1. The molecule has 1 N–H and O–H groups in total. The van der Waals surface area contributed by atoms with E-state index in [4.69, 9.17) is 9.72 Å². The Balaban J connectivity index is 1.48. The van der Waals surface area contributed by atoms with E-state index in [1.807, 2.05) is 19.2 Å². The van der Waals surface area contributed by atoms with Crippen LogP contribution in [-0.4, -0.2) is 40.5 Å². The molecule has 6 nitrogen and oxygen atoms in total. The summed E-state index contributed by atoms with van der Waals surface area (Å²) in [5.74, 6) is 1.41. The van der Waals surface area contributed by atoms with Crippen LogP contribution in [0, 0.1) is 13.8 Å². The lowest BCUT2D eigenvalue weighted by Gasteiger charge is -2.35. The number of anilines is 2. The number of hydrogen-bond acceptors (Lipinski definition) is 6. The summed E-state index contributed by atoms with van der Waals surface area (Å²) in [5.41, 5.74) is 0.913. The molecule has 2 fully saturated rings. The lowest BCUT2D eigenvalue weighted by Crippen LogP contribution is -2.46. The van der Waals surface area contributed by atoms with E-state index >= 15 is 0 Å². The van der Waals surface area contributed by atoms with Crippen molar-refractivity contribution in [2.24, 2.45) is 0 Å². The van der Waals surface area contributed by atoms with Gasteiger partial charge >= 0.3 is 6.18 Å². The summed E-state index contributed by atoms with van der Waals surface area (Å²) >= 11 is 0. The standard InChI is InChI=1S/C23H24F3N5O/c1-13-15(4-3-5-20(13)23(24,25)26)9-28-22-18-8-21(27-10-19(18)14(2)29-30-22)31-16-6-7-17(31)12-32-11-16/h3-5,8,10,16-17H,6-7,9,11-12H2,1-2H3,(H,28,30). The van der Waals surface area contributed by atoms with Crippen LogP contribution >= 0.6 is 0 Å². The summed E-state index contributed by atoms with van der Waals surface area (Å²) in [6.07, 6.45) is -0.408. The zero-order valence-electron chi connectivity index (χ0n) is 17.9. The van der Waals surface area contributed by atoms with Crippen molar-refractivity contribution in [3.8, 4) is 0 Å². The predicted octanol–water partition coefficient (Wildman–Crippen LogP) is 4.64. The lowest BCUT2D eigenvalue weighted by atomic mass is 10.0. The fourth-order valence-corrected chi connectivity index (χ4v) is 4.80. The van der Waals surface area contributed by atoms with Crippen LogP contribution in [0.4, 0.5) is 24.8 Å². The molecule has 0 saturated carbocycles. The summed E-state index contributed by atoms with van der Waals surface area (Å²) in [6, 6.07) is 6.88. The second-order valence-electron chi connectivity index (χ2n) is 8.49. The zero-order valence-corrected chi connectivity index (χ0v) is 17.9. The molecule has 5 rings (SSSR count). The molecular weight excluding hydrogens is 419 g/mol. The van der Waals surface area contributed by atoms with Gasteiger partial charge in [0.25, 0.3) is 0 Å². The van der Waals surface area contributed by atoms with E-state index in [0.717, 1.165) is 41.2 Å². The molecule has 0 aliphatic carbocycles. The summed E-state index contributed by atoms with van der Waals surface area (Å²) in [5, 5.41) is 13.5. The van der Waals surface area contributed by atoms with Crippen molar-refractivity contribution in [1.29, 1.82) is 0 Å². The number of nitrogens with one attached hydrogen (secondary N) is 1. The van der Waals surface area contributed by atoms with E-state index in [9.17, 15) is 13.2 Å². The number of pyridine rings is 1. The first-order chi connectivity index (χ1) is 15.3. The Morgan fingerprint density at radius 1 is 1.09 bits per heavy atom. The van der Waals surface area contributed by atoms with Gasteiger partial charge in [-0.05, 0) is 49.9 Å². The Hall–Kier alpha value is -2.94. The highest BCUT2D eigenvalue weighted by Crippen LogP contribution is 2.36. The number of aryl methyl sites for hydroxylation is 1. The van der Waals surface area contributed by atoms with Crippen LogP contribution in [0.15, 0.2) is 30.5 Å². The van der Waals surface area contributed by atoms with E-state index in [0.29, 0.717) is 36.7 Å². The Labute approximate surface area is 183 Å². The van der Waals surface area contributed by atoms with Crippen molar-refractivity contribution in [2.75, 3.05) is 23.4 Å². The SMILES string of the molecule is Cc1c(CNc2nnc(C)c3cnc(N4C5CCC4COC5)cc23)cccc1C(F)(F)F. The molecule has 4 heterocycles. The number of fused-ring (bicyclic) bond motifs is 3. The molecule has 0 radical (unpaired) electrons. The minimum atomic E-state index is -4.38. The molecule has 9 heteroatoms. The van der Waals surface area contributed by atoms with Gasteiger partial charge in [0.1, 0.15) is 5.82 Å². The molecule has 2 aromatic heterocycles. The van der Waals surface area contributed by atoms with Crippen molar-refractivity contribution in [3.63, 3.8) is 0 Å². The van der Waals surface area contributed by atoms with Crippen molar-refractivity contribution >= 4 is 22.4 Å². The normalized spacial score (nSPS) is 20.7. The van der Waals surface area contributed by atoms with Crippen molar-refractivity contribution in [2.45, 2.75) is 51.5 Å². The van der Waals surface area contributed by atoms with Gasteiger partial charge in [0.2, 0.25) is 0 Å². The first kappa shape index (κ1) is 20.9. The van der Waals surface area contributed by atoms with Gasteiger partial charge < -0.3 is 15.0 Å². The van der Waals surface area contributed by atoms with E-state index in [1.165, 1.54) is 13.0 Å². The maximum Gasteiger partial charge on any atom is 0.416 e. The third-order valence-electron chi connectivity index (χ3n) is 6.54. The number of rotatable bonds is 4. The molecule has 2 saturated heterocycles. The summed E-state index contributed by atoms with van der Waals surface area (Å²) in [6.45, 7) is 4.97. The smallest absolute Gasteiger partial charge is 0.377 e. The van der Waals surface area contributed by atoms with Gasteiger partial charge in [-0.2, -0.15) is 18.3 Å². The van der Waals surface area contributed by atoms with Gasteiger partial charge in [-0.1, -0.05) is 12.1 Å². The van der Waals surface area contributed by atoms with Crippen LogP contribution in [0.3, 0.4) is 0 Å². The molecule has 0 spiro atoms.